The molecule has 0 unspecified atom stereocenters. The summed E-state index contributed by atoms with van der Waals surface area (Å²) in [6.45, 7) is 0. The quantitative estimate of drug-likeness (QED) is 0.628. The number of halogens is 2. The Hall–Kier alpha value is -3.38. The summed E-state index contributed by atoms with van der Waals surface area (Å²) in [6.07, 6.45) is 1.55. The van der Waals surface area contributed by atoms with Gasteiger partial charge in [-0.05, 0) is 54.6 Å². The lowest BCUT2D eigenvalue weighted by atomic mass is 10.1. The van der Waals surface area contributed by atoms with Crippen LogP contribution in [-0.4, -0.2) is 17.0 Å². The number of carbonyl (C=O) groups excluding carboxylic acids is 1. The first-order valence-corrected chi connectivity index (χ1v) is 8.26. The molecule has 0 fully saturated rings. The van der Waals surface area contributed by atoms with E-state index in [9.17, 15) is 14.0 Å². The van der Waals surface area contributed by atoms with Crippen LogP contribution in [-0.2, 0) is 4.79 Å². The number of nitrogens with one attached hydrogen (secondary N) is 1. The number of furan rings is 1. The van der Waals surface area contributed by atoms with Gasteiger partial charge in [-0.1, -0.05) is 11.6 Å². The molecule has 0 bridgehead atoms. The number of aromatic carboxylic acids is 1. The highest BCUT2D eigenvalue weighted by Gasteiger charge is 2.24. The summed E-state index contributed by atoms with van der Waals surface area (Å²) in [5, 5.41) is 12.1. The number of carboxylic acids is 1. The monoisotopic (exact) mass is 383 g/mol. The molecule has 1 aliphatic rings. The number of amides is 1. The summed E-state index contributed by atoms with van der Waals surface area (Å²) in [5.74, 6) is -1.64. The van der Waals surface area contributed by atoms with E-state index in [1.807, 2.05) is 0 Å². The van der Waals surface area contributed by atoms with E-state index in [0.29, 0.717) is 27.6 Å². The van der Waals surface area contributed by atoms with Crippen molar-refractivity contribution in [3.05, 3.63) is 76.3 Å². The first-order chi connectivity index (χ1) is 12.9. The minimum atomic E-state index is -1.21. The molecule has 1 amide bonds. The topological polar surface area (TPSA) is 79.5 Å². The second-order valence-electron chi connectivity index (χ2n) is 5.90. The van der Waals surface area contributed by atoms with E-state index in [0.717, 1.165) is 6.07 Å². The van der Waals surface area contributed by atoms with Crippen LogP contribution in [0.3, 0.4) is 0 Å². The van der Waals surface area contributed by atoms with Crippen LogP contribution < -0.4 is 5.32 Å². The molecule has 0 spiro atoms. The van der Waals surface area contributed by atoms with Gasteiger partial charge in [-0.3, -0.25) is 4.79 Å². The number of benzene rings is 2. The van der Waals surface area contributed by atoms with Crippen molar-refractivity contribution in [3.8, 4) is 11.3 Å². The summed E-state index contributed by atoms with van der Waals surface area (Å²) in [5.41, 5.74) is 1.67. The lowest BCUT2D eigenvalue weighted by Gasteiger charge is -2.01. The largest absolute Gasteiger partial charge is 0.478 e. The van der Waals surface area contributed by atoms with Crippen LogP contribution in [0.25, 0.3) is 23.0 Å². The van der Waals surface area contributed by atoms with E-state index < -0.39 is 11.8 Å². The van der Waals surface area contributed by atoms with Gasteiger partial charge in [-0.2, -0.15) is 0 Å². The Morgan fingerprint density at radius 3 is 2.67 bits per heavy atom. The van der Waals surface area contributed by atoms with Crippen molar-refractivity contribution in [2.24, 2.45) is 0 Å². The minimum Gasteiger partial charge on any atom is -0.478 e. The van der Waals surface area contributed by atoms with Crippen molar-refractivity contribution in [2.45, 2.75) is 0 Å². The van der Waals surface area contributed by atoms with E-state index in [-0.39, 0.29) is 22.8 Å². The van der Waals surface area contributed by atoms with Gasteiger partial charge in [-0.15, -0.1) is 0 Å². The van der Waals surface area contributed by atoms with Crippen molar-refractivity contribution >= 4 is 40.8 Å². The lowest BCUT2D eigenvalue weighted by molar-refractivity contribution is -0.110. The van der Waals surface area contributed by atoms with Crippen LogP contribution in [0.4, 0.5) is 10.1 Å². The minimum absolute atomic E-state index is 0.129. The fraction of sp³-hybridized carbons (Fsp3) is 0. The number of hydrogen-bond acceptors (Lipinski definition) is 3. The van der Waals surface area contributed by atoms with Crippen molar-refractivity contribution < 1.29 is 23.5 Å². The Bertz CT molecular complexity index is 1130. The molecule has 1 aromatic heterocycles. The highest BCUT2D eigenvalue weighted by atomic mass is 35.5. The van der Waals surface area contributed by atoms with Gasteiger partial charge >= 0.3 is 5.97 Å². The van der Waals surface area contributed by atoms with E-state index in [1.165, 1.54) is 12.1 Å². The Labute approximate surface area is 157 Å². The van der Waals surface area contributed by atoms with Gasteiger partial charge in [0, 0.05) is 16.3 Å². The van der Waals surface area contributed by atoms with Crippen LogP contribution in [0.15, 0.2) is 52.9 Å². The third-order valence-electron chi connectivity index (χ3n) is 4.16. The second-order valence-corrected chi connectivity index (χ2v) is 6.34. The molecule has 27 heavy (non-hydrogen) atoms. The predicted molar refractivity (Wildman–Crippen MR) is 99.0 cm³/mol. The smallest absolute Gasteiger partial charge is 0.335 e. The molecule has 5 nitrogen and oxygen atoms in total. The Morgan fingerprint density at radius 2 is 1.93 bits per heavy atom. The second kappa shape index (κ2) is 6.41. The molecule has 2 aromatic carbocycles. The van der Waals surface area contributed by atoms with Crippen LogP contribution >= 0.6 is 11.6 Å². The zero-order chi connectivity index (χ0) is 19.1. The summed E-state index contributed by atoms with van der Waals surface area (Å²) in [4.78, 5) is 23.1. The summed E-state index contributed by atoms with van der Waals surface area (Å²) >= 11 is 6.00. The molecule has 0 aliphatic carbocycles. The first-order valence-electron chi connectivity index (χ1n) is 7.88. The molecule has 4 rings (SSSR count). The summed E-state index contributed by atoms with van der Waals surface area (Å²) < 4.78 is 19.8. The van der Waals surface area contributed by atoms with Gasteiger partial charge < -0.3 is 14.8 Å². The van der Waals surface area contributed by atoms with Crippen molar-refractivity contribution in [2.75, 3.05) is 5.32 Å². The molecule has 0 atom stereocenters. The fourth-order valence-corrected chi connectivity index (χ4v) is 3.04. The molecule has 0 saturated heterocycles. The van der Waals surface area contributed by atoms with Gasteiger partial charge in [-0.25, -0.2) is 9.18 Å². The zero-order valence-corrected chi connectivity index (χ0v) is 14.4. The van der Waals surface area contributed by atoms with E-state index in [1.54, 1.807) is 36.4 Å². The third kappa shape index (κ3) is 3.11. The Morgan fingerprint density at radius 1 is 1.11 bits per heavy atom. The molecule has 2 N–H and O–H groups in total. The summed E-state index contributed by atoms with van der Waals surface area (Å²) in [7, 11) is 0. The maximum absolute atomic E-state index is 14.2. The standard InChI is InChI=1S/C20H11ClFNO4/c21-11-2-5-17-14(8-11)15(19(24)23-17)9-12-3-6-18(27-12)13-4-1-10(20(25)26)7-16(13)22/h1-9H,(H,23,24)(H,25,26). The van der Waals surface area contributed by atoms with E-state index in [4.69, 9.17) is 21.1 Å². The molecule has 0 saturated carbocycles. The summed E-state index contributed by atoms with van der Waals surface area (Å²) in [6, 6.07) is 11.8. The van der Waals surface area contributed by atoms with Gasteiger partial charge in [0.05, 0.1) is 16.7 Å². The first kappa shape index (κ1) is 17.1. The van der Waals surface area contributed by atoms with Crippen LogP contribution in [0.1, 0.15) is 21.7 Å². The number of fused-ring (bicyclic) bond motifs is 1. The molecular formula is C20H11ClFNO4. The van der Waals surface area contributed by atoms with Crippen molar-refractivity contribution in [1.29, 1.82) is 0 Å². The number of carbonyl (C=O) groups is 2. The van der Waals surface area contributed by atoms with Crippen LogP contribution in [0, 0.1) is 5.82 Å². The zero-order valence-electron chi connectivity index (χ0n) is 13.6. The number of anilines is 1. The molecule has 2 heterocycles. The molecule has 0 radical (unpaired) electrons. The molecule has 7 heteroatoms. The number of rotatable bonds is 3. The van der Waals surface area contributed by atoms with E-state index in [2.05, 4.69) is 5.32 Å². The highest BCUT2D eigenvalue weighted by molar-refractivity contribution is 6.36. The lowest BCUT2D eigenvalue weighted by Crippen LogP contribution is -2.03. The third-order valence-corrected chi connectivity index (χ3v) is 4.39. The number of hydrogen-bond donors (Lipinski definition) is 2. The van der Waals surface area contributed by atoms with Gasteiger partial charge in [0.2, 0.25) is 0 Å². The van der Waals surface area contributed by atoms with Gasteiger partial charge in [0.1, 0.15) is 17.3 Å². The molecule has 1 aliphatic heterocycles. The Balaban J connectivity index is 1.70. The Kier molecular flexibility index (Phi) is 4.05. The van der Waals surface area contributed by atoms with Gasteiger partial charge in [0.25, 0.3) is 5.91 Å². The highest BCUT2D eigenvalue weighted by Crippen LogP contribution is 2.35. The van der Waals surface area contributed by atoms with Gasteiger partial charge in [0.15, 0.2) is 0 Å². The fourth-order valence-electron chi connectivity index (χ4n) is 2.87. The predicted octanol–water partition coefficient (Wildman–Crippen LogP) is 4.93. The molecule has 3 aromatic rings. The van der Waals surface area contributed by atoms with Crippen molar-refractivity contribution in [1.82, 2.24) is 0 Å². The maximum Gasteiger partial charge on any atom is 0.335 e. The van der Waals surface area contributed by atoms with Crippen LogP contribution in [0.2, 0.25) is 5.02 Å². The normalized spacial score (nSPS) is 14.3. The molecular weight excluding hydrogens is 373 g/mol. The van der Waals surface area contributed by atoms with E-state index >= 15 is 0 Å². The average molecular weight is 384 g/mol. The maximum atomic E-state index is 14.2. The SMILES string of the molecule is O=C1Nc2ccc(Cl)cc2C1=Cc1ccc(-c2ccc(C(=O)O)cc2F)o1. The number of carboxylic acid groups (broad SMARTS) is 1. The molecule has 134 valence electrons. The average Bonchev–Trinajstić information content (AvgIpc) is 3.20. The van der Waals surface area contributed by atoms with Crippen molar-refractivity contribution in [3.63, 3.8) is 0 Å². The van der Waals surface area contributed by atoms with Crippen LogP contribution in [0.5, 0.6) is 0 Å².